The molecular formula is C15H19N3O2S. The van der Waals surface area contributed by atoms with Gasteiger partial charge in [0.2, 0.25) is 5.91 Å². The molecule has 1 aliphatic heterocycles. The molecule has 0 spiro atoms. The van der Waals surface area contributed by atoms with Crippen molar-refractivity contribution in [1.82, 2.24) is 14.3 Å². The van der Waals surface area contributed by atoms with Crippen LogP contribution in [0.15, 0.2) is 17.8 Å². The molecule has 3 heterocycles. The van der Waals surface area contributed by atoms with Gasteiger partial charge < -0.3 is 10.0 Å². The predicted molar refractivity (Wildman–Crippen MR) is 80.3 cm³/mol. The van der Waals surface area contributed by atoms with Crippen LogP contribution in [0.2, 0.25) is 0 Å². The van der Waals surface area contributed by atoms with Crippen molar-refractivity contribution in [3.8, 4) is 0 Å². The number of aromatic nitrogens is 2. The van der Waals surface area contributed by atoms with Gasteiger partial charge in [0.15, 0.2) is 4.96 Å². The monoisotopic (exact) mass is 305 g/mol. The number of hydrogen-bond acceptors (Lipinski definition) is 4. The Balaban J connectivity index is 1.36. The van der Waals surface area contributed by atoms with Gasteiger partial charge in [0.25, 0.3) is 0 Å². The number of likely N-dealkylation sites (tertiary alicyclic amines) is 1. The Hall–Kier alpha value is -1.40. The van der Waals surface area contributed by atoms with E-state index < -0.39 is 5.60 Å². The largest absolute Gasteiger partial charge is 0.390 e. The van der Waals surface area contributed by atoms with E-state index in [1.807, 2.05) is 27.1 Å². The molecule has 0 aromatic carbocycles. The first-order chi connectivity index (χ1) is 10.1. The van der Waals surface area contributed by atoms with Crippen molar-refractivity contribution in [1.29, 1.82) is 0 Å². The van der Waals surface area contributed by atoms with Crippen molar-refractivity contribution in [2.24, 2.45) is 5.92 Å². The SMILES string of the molecule is O=C(Cc1cn2ccsc2n1)N1CCC(C2(O)CC2)CC1. The Kier molecular flexibility index (Phi) is 3.04. The third-order valence-corrected chi connectivity index (χ3v) is 5.62. The molecule has 2 aromatic heterocycles. The van der Waals surface area contributed by atoms with Crippen LogP contribution in [0, 0.1) is 5.92 Å². The van der Waals surface area contributed by atoms with Crippen molar-refractivity contribution in [3.05, 3.63) is 23.5 Å². The highest BCUT2D eigenvalue weighted by Gasteiger charge is 2.48. The molecule has 4 rings (SSSR count). The molecular weight excluding hydrogens is 286 g/mol. The topological polar surface area (TPSA) is 57.8 Å². The summed E-state index contributed by atoms with van der Waals surface area (Å²) in [5, 5.41) is 12.1. The summed E-state index contributed by atoms with van der Waals surface area (Å²) in [4.78, 5) is 19.7. The van der Waals surface area contributed by atoms with Crippen LogP contribution in [-0.2, 0) is 11.2 Å². The van der Waals surface area contributed by atoms with Crippen molar-refractivity contribution < 1.29 is 9.90 Å². The number of aliphatic hydroxyl groups is 1. The first kappa shape index (κ1) is 13.3. The summed E-state index contributed by atoms with van der Waals surface area (Å²) in [6.45, 7) is 1.54. The van der Waals surface area contributed by atoms with E-state index in [1.54, 1.807) is 11.3 Å². The maximum Gasteiger partial charge on any atom is 0.228 e. The van der Waals surface area contributed by atoms with Crippen molar-refractivity contribution in [2.45, 2.75) is 37.7 Å². The zero-order valence-electron chi connectivity index (χ0n) is 11.9. The second-order valence-electron chi connectivity index (χ2n) is 6.26. The maximum absolute atomic E-state index is 12.4. The molecule has 2 fully saturated rings. The van der Waals surface area contributed by atoms with E-state index in [9.17, 15) is 9.90 Å². The Morgan fingerprint density at radius 3 is 2.86 bits per heavy atom. The molecule has 5 nitrogen and oxygen atoms in total. The lowest BCUT2D eigenvalue weighted by atomic mass is 9.89. The summed E-state index contributed by atoms with van der Waals surface area (Å²) in [6.07, 6.45) is 8.02. The van der Waals surface area contributed by atoms with E-state index in [-0.39, 0.29) is 5.91 Å². The van der Waals surface area contributed by atoms with Crippen molar-refractivity contribution in [3.63, 3.8) is 0 Å². The lowest BCUT2D eigenvalue weighted by Crippen LogP contribution is -2.42. The molecule has 0 atom stereocenters. The number of piperidine rings is 1. The second kappa shape index (κ2) is 4.81. The average Bonchev–Trinajstić information content (AvgIpc) is 2.91. The molecule has 1 amide bonds. The lowest BCUT2D eigenvalue weighted by Gasteiger charge is -2.34. The molecule has 1 saturated heterocycles. The second-order valence-corrected chi connectivity index (χ2v) is 7.13. The van der Waals surface area contributed by atoms with E-state index in [1.165, 1.54) is 0 Å². The van der Waals surface area contributed by atoms with Gasteiger partial charge in [-0.3, -0.25) is 9.20 Å². The Morgan fingerprint density at radius 1 is 1.43 bits per heavy atom. The van der Waals surface area contributed by atoms with Crippen LogP contribution in [0.5, 0.6) is 0 Å². The molecule has 21 heavy (non-hydrogen) atoms. The molecule has 2 aromatic rings. The number of thiazole rings is 1. The predicted octanol–water partition coefficient (Wildman–Crippen LogP) is 1.70. The number of carbonyl (C=O) groups excluding carboxylic acids is 1. The van der Waals surface area contributed by atoms with Crippen molar-refractivity contribution in [2.75, 3.05) is 13.1 Å². The summed E-state index contributed by atoms with van der Waals surface area (Å²) in [5.74, 6) is 0.543. The molecule has 112 valence electrons. The molecule has 0 unspecified atom stereocenters. The third-order valence-electron chi connectivity index (χ3n) is 4.85. The van der Waals surface area contributed by atoms with Gasteiger partial charge >= 0.3 is 0 Å². The van der Waals surface area contributed by atoms with Crippen LogP contribution >= 0.6 is 11.3 Å². The molecule has 2 aliphatic rings. The van der Waals surface area contributed by atoms with Crippen LogP contribution in [0.4, 0.5) is 0 Å². The Bertz CT molecular complexity index is 637. The average molecular weight is 305 g/mol. The Labute approximate surface area is 127 Å². The van der Waals surface area contributed by atoms with Gasteiger partial charge in [-0.2, -0.15) is 0 Å². The van der Waals surface area contributed by atoms with Gasteiger partial charge in [0, 0.05) is 30.9 Å². The fourth-order valence-electron chi connectivity index (χ4n) is 3.33. The standard InChI is InChI=1S/C15H19N3O2S/c19-13(9-12-10-18-7-8-21-14(18)16-12)17-5-1-11(2-6-17)15(20)3-4-15/h7-8,10-11,20H,1-6,9H2. The minimum atomic E-state index is -0.399. The number of fused-ring (bicyclic) bond motifs is 1. The van der Waals surface area contributed by atoms with Gasteiger partial charge in [0.1, 0.15) is 0 Å². The smallest absolute Gasteiger partial charge is 0.228 e. The van der Waals surface area contributed by atoms with Gasteiger partial charge in [-0.15, -0.1) is 11.3 Å². The lowest BCUT2D eigenvalue weighted by molar-refractivity contribution is -0.132. The van der Waals surface area contributed by atoms with Crippen LogP contribution < -0.4 is 0 Å². The number of carbonyl (C=O) groups is 1. The number of imidazole rings is 1. The highest BCUT2D eigenvalue weighted by Crippen LogP contribution is 2.46. The zero-order chi connectivity index (χ0) is 14.4. The normalized spacial score (nSPS) is 21.9. The number of rotatable bonds is 3. The molecule has 6 heteroatoms. The number of amides is 1. The van der Waals surface area contributed by atoms with E-state index >= 15 is 0 Å². The first-order valence-corrected chi connectivity index (χ1v) is 8.43. The van der Waals surface area contributed by atoms with Gasteiger partial charge in [-0.05, 0) is 31.6 Å². The van der Waals surface area contributed by atoms with Crippen molar-refractivity contribution >= 4 is 22.2 Å². The number of hydrogen-bond donors (Lipinski definition) is 1. The molecule has 1 N–H and O–H groups in total. The summed E-state index contributed by atoms with van der Waals surface area (Å²) >= 11 is 1.58. The number of nitrogens with zero attached hydrogens (tertiary/aromatic N) is 3. The molecule has 0 radical (unpaired) electrons. The van der Waals surface area contributed by atoms with Crippen LogP contribution in [0.25, 0.3) is 4.96 Å². The summed E-state index contributed by atoms with van der Waals surface area (Å²) in [7, 11) is 0. The maximum atomic E-state index is 12.4. The molecule has 1 aliphatic carbocycles. The minimum absolute atomic E-state index is 0.155. The summed E-state index contributed by atoms with van der Waals surface area (Å²) < 4.78 is 1.96. The Morgan fingerprint density at radius 2 is 2.19 bits per heavy atom. The molecule has 1 saturated carbocycles. The molecule has 0 bridgehead atoms. The summed E-state index contributed by atoms with van der Waals surface area (Å²) in [6, 6.07) is 0. The van der Waals surface area contributed by atoms with E-state index in [0.29, 0.717) is 12.3 Å². The quantitative estimate of drug-likeness (QED) is 0.939. The van der Waals surface area contributed by atoms with E-state index in [2.05, 4.69) is 4.98 Å². The zero-order valence-corrected chi connectivity index (χ0v) is 12.7. The first-order valence-electron chi connectivity index (χ1n) is 7.55. The van der Waals surface area contributed by atoms with Crippen LogP contribution in [-0.4, -0.2) is 44.0 Å². The summed E-state index contributed by atoms with van der Waals surface area (Å²) in [5.41, 5.74) is 0.443. The van der Waals surface area contributed by atoms with E-state index in [4.69, 9.17) is 0 Å². The van der Waals surface area contributed by atoms with Crippen LogP contribution in [0.1, 0.15) is 31.4 Å². The minimum Gasteiger partial charge on any atom is -0.390 e. The van der Waals surface area contributed by atoms with Crippen LogP contribution in [0.3, 0.4) is 0 Å². The third kappa shape index (κ3) is 2.46. The fraction of sp³-hybridized carbons (Fsp3) is 0.600. The van der Waals surface area contributed by atoms with Gasteiger partial charge in [0.05, 0.1) is 17.7 Å². The van der Waals surface area contributed by atoms with Gasteiger partial charge in [-0.25, -0.2) is 4.98 Å². The fourth-order valence-corrected chi connectivity index (χ4v) is 4.05. The highest BCUT2D eigenvalue weighted by molar-refractivity contribution is 7.15. The highest BCUT2D eigenvalue weighted by atomic mass is 32.1. The van der Waals surface area contributed by atoms with Gasteiger partial charge in [-0.1, -0.05) is 0 Å². The van der Waals surface area contributed by atoms with E-state index in [0.717, 1.165) is 49.4 Å².